The molecule has 2 atom stereocenters. The molecular weight excluding hydrogens is 328 g/mol. The molecule has 26 heavy (non-hydrogen) atoms. The molecule has 154 valence electrons. The summed E-state index contributed by atoms with van der Waals surface area (Å²) in [7, 11) is 0. The molecular formula is C22H42O4. The van der Waals surface area contributed by atoms with Crippen LogP contribution in [0.15, 0.2) is 0 Å². The quantitative estimate of drug-likeness (QED) is 0.239. The van der Waals surface area contributed by atoms with E-state index in [1.165, 1.54) is 77.0 Å². The summed E-state index contributed by atoms with van der Waals surface area (Å²) < 4.78 is 0. The maximum atomic E-state index is 10.9. The Labute approximate surface area is 161 Å². The van der Waals surface area contributed by atoms with Gasteiger partial charge in [0.05, 0.1) is 6.42 Å². The lowest BCUT2D eigenvalue weighted by molar-refractivity contribution is -0.345. The van der Waals surface area contributed by atoms with Crippen molar-refractivity contribution in [2.24, 2.45) is 0 Å². The molecule has 1 N–H and O–H groups in total. The van der Waals surface area contributed by atoms with Crippen LogP contribution in [-0.2, 0) is 14.6 Å². The van der Waals surface area contributed by atoms with Gasteiger partial charge in [-0.2, -0.15) is 0 Å². The zero-order valence-electron chi connectivity index (χ0n) is 17.5. The van der Waals surface area contributed by atoms with E-state index in [0.29, 0.717) is 6.42 Å². The van der Waals surface area contributed by atoms with Crippen LogP contribution in [0.5, 0.6) is 0 Å². The topological polar surface area (TPSA) is 55.8 Å². The van der Waals surface area contributed by atoms with Crippen LogP contribution >= 0.6 is 0 Å². The molecule has 4 nitrogen and oxygen atoms in total. The first-order chi connectivity index (χ1) is 12.4. The summed E-state index contributed by atoms with van der Waals surface area (Å²) in [6, 6.07) is 0. The average molecular weight is 371 g/mol. The molecule has 1 aliphatic rings. The largest absolute Gasteiger partial charge is 0.481 e. The van der Waals surface area contributed by atoms with Crippen molar-refractivity contribution in [2.75, 3.05) is 0 Å². The molecule has 0 unspecified atom stereocenters. The van der Waals surface area contributed by atoms with E-state index in [4.69, 9.17) is 14.9 Å². The second kappa shape index (κ2) is 12.7. The smallest absolute Gasteiger partial charge is 0.306 e. The van der Waals surface area contributed by atoms with E-state index in [1.54, 1.807) is 0 Å². The first-order valence-corrected chi connectivity index (χ1v) is 11.0. The molecule has 1 rings (SSSR count). The van der Waals surface area contributed by atoms with E-state index in [9.17, 15) is 4.79 Å². The number of aliphatic carboxylic acids is 1. The van der Waals surface area contributed by atoms with Gasteiger partial charge in [-0.05, 0) is 20.3 Å². The Morgan fingerprint density at radius 3 is 1.65 bits per heavy atom. The van der Waals surface area contributed by atoms with Crippen molar-refractivity contribution in [3.8, 4) is 0 Å². The Balaban J connectivity index is 1.94. The Bertz CT molecular complexity index is 384. The van der Waals surface area contributed by atoms with E-state index in [0.717, 1.165) is 12.8 Å². The molecule has 1 saturated heterocycles. The highest BCUT2D eigenvalue weighted by Gasteiger charge is 2.47. The van der Waals surface area contributed by atoms with Gasteiger partial charge >= 0.3 is 5.97 Å². The van der Waals surface area contributed by atoms with E-state index >= 15 is 0 Å². The zero-order chi connectivity index (χ0) is 19.3. The predicted molar refractivity (Wildman–Crippen MR) is 106 cm³/mol. The van der Waals surface area contributed by atoms with Gasteiger partial charge < -0.3 is 5.11 Å². The van der Waals surface area contributed by atoms with E-state index in [2.05, 4.69) is 6.92 Å². The van der Waals surface area contributed by atoms with Crippen LogP contribution in [0.2, 0.25) is 0 Å². The van der Waals surface area contributed by atoms with Gasteiger partial charge in [0.15, 0.2) is 0 Å². The summed E-state index contributed by atoms with van der Waals surface area (Å²) in [6.07, 6.45) is 19.1. The molecule has 4 heteroatoms. The monoisotopic (exact) mass is 370 g/mol. The fraction of sp³-hybridized carbons (Fsp3) is 0.955. The Morgan fingerprint density at radius 1 is 0.769 bits per heavy atom. The maximum Gasteiger partial charge on any atom is 0.306 e. The molecule has 0 aromatic heterocycles. The van der Waals surface area contributed by atoms with Gasteiger partial charge in [-0.25, -0.2) is 9.78 Å². The summed E-state index contributed by atoms with van der Waals surface area (Å²) in [5.41, 5.74) is -1.01. The van der Waals surface area contributed by atoms with E-state index in [-0.39, 0.29) is 12.0 Å². The summed E-state index contributed by atoms with van der Waals surface area (Å²) in [4.78, 5) is 21.8. The number of hydrogen-bond acceptors (Lipinski definition) is 3. The third kappa shape index (κ3) is 10.5. The number of unbranched alkanes of at least 4 members (excludes halogenated alkanes) is 12. The maximum absolute atomic E-state index is 10.9. The summed E-state index contributed by atoms with van der Waals surface area (Å²) in [5.74, 6) is -0.832. The molecule has 1 heterocycles. The van der Waals surface area contributed by atoms with Gasteiger partial charge in [-0.15, -0.1) is 0 Å². The molecule has 0 aromatic carbocycles. The Morgan fingerprint density at radius 2 is 1.19 bits per heavy atom. The molecule has 0 aliphatic carbocycles. The summed E-state index contributed by atoms with van der Waals surface area (Å²) in [6.45, 7) is 6.14. The number of rotatable bonds is 16. The van der Waals surface area contributed by atoms with Crippen LogP contribution in [0.25, 0.3) is 0 Å². The van der Waals surface area contributed by atoms with Crippen molar-refractivity contribution in [2.45, 2.75) is 135 Å². The fourth-order valence-electron chi connectivity index (χ4n) is 4.11. The Hall–Kier alpha value is -0.610. The first-order valence-electron chi connectivity index (χ1n) is 11.0. The van der Waals surface area contributed by atoms with Crippen molar-refractivity contribution in [3.63, 3.8) is 0 Å². The van der Waals surface area contributed by atoms with Gasteiger partial charge in [0.25, 0.3) is 0 Å². The molecule has 0 spiro atoms. The molecule has 0 amide bonds. The van der Waals surface area contributed by atoms with Gasteiger partial charge in [0.2, 0.25) is 0 Å². The second-order valence-corrected chi connectivity index (χ2v) is 8.81. The minimum absolute atomic E-state index is 0.00118. The highest BCUT2D eigenvalue weighted by molar-refractivity contribution is 5.68. The standard InChI is InChI=1S/C22H42O4/c1-4-5-6-7-8-9-10-11-12-13-14-15-16-17-21(2)19-22(3,26-25-21)18-20(23)24/h4-19H2,1-3H3,(H,23,24)/t21-,22-/m0/s1. The zero-order valence-corrected chi connectivity index (χ0v) is 17.5. The van der Waals surface area contributed by atoms with Crippen LogP contribution < -0.4 is 0 Å². The van der Waals surface area contributed by atoms with Crippen LogP contribution in [0.1, 0.15) is 124 Å². The fourth-order valence-corrected chi connectivity index (χ4v) is 4.11. The van der Waals surface area contributed by atoms with Crippen LogP contribution in [-0.4, -0.2) is 22.3 Å². The molecule has 0 bridgehead atoms. The van der Waals surface area contributed by atoms with Crippen molar-refractivity contribution < 1.29 is 19.7 Å². The third-order valence-corrected chi connectivity index (χ3v) is 5.53. The van der Waals surface area contributed by atoms with Gasteiger partial charge in [-0.1, -0.05) is 90.4 Å². The first kappa shape index (κ1) is 23.4. The van der Waals surface area contributed by atoms with Crippen LogP contribution in [0, 0.1) is 0 Å². The van der Waals surface area contributed by atoms with Crippen molar-refractivity contribution in [1.29, 1.82) is 0 Å². The SMILES string of the molecule is CCCCCCCCCCCCCCC[C@@]1(C)C[C@](C)(CC(=O)O)OO1. The molecule has 1 aliphatic heterocycles. The van der Waals surface area contributed by atoms with Crippen molar-refractivity contribution in [3.05, 3.63) is 0 Å². The molecule has 1 fully saturated rings. The lowest BCUT2D eigenvalue weighted by Crippen LogP contribution is -2.30. The lowest BCUT2D eigenvalue weighted by Gasteiger charge is -2.21. The highest BCUT2D eigenvalue weighted by Crippen LogP contribution is 2.40. The van der Waals surface area contributed by atoms with Gasteiger partial charge in [0, 0.05) is 6.42 Å². The van der Waals surface area contributed by atoms with Gasteiger partial charge in [0.1, 0.15) is 11.2 Å². The average Bonchev–Trinajstić information content (AvgIpc) is 2.86. The molecule has 0 saturated carbocycles. The predicted octanol–water partition coefficient (Wildman–Crippen LogP) is 6.81. The lowest BCUT2D eigenvalue weighted by atomic mass is 9.85. The number of carbonyl (C=O) groups is 1. The van der Waals surface area contributed by atoms with Crippen molar-refractivity contribution >= 4 is 5.97 Å². The summed E-state index contributed by atoms with van der Waals surface area (Å²) in [5, 5.41) is 8.97. The highest BCUT2D eigenvalue weighted by atomic mass is 17.2. The number of carboxylic acids is 1. The molecule has 0 radical (unpaired) electrons. The summed E-state index contributed by atoms with van der Waals surface area (Å²) >= 11 is 0. The van der Waals surface area contributed by atoms with Gasteiger partial charge in [-0.3, -0.25) is 4.79 Å². The van der Waals surface area contributed by atoms with Crippen molar-refractivity contribution in [1.82, 2.24) is 0 Å². The van der Waals surface area contributed by atoms with Crippen LogP contribution in [0.4, 0.5) is 0 Å². The Kier molecular flexibility index (Phi) is 11.5. The third-order valence-electron chi connectivity index (χ3n) is 5.53. The minimum Gasteiger partial charge on any atom is -0.481 e. The van der Waals surface area contributed by atoms with E-state index < -0.39 is 11.6 Å². The van der Waals surface area contributed by atoms with Crippen LogP contribution in [0.3, 0.4) is 0 Å². The van der Waals surface area contributed by atoms with E-state index in [1.807, 2.05) is 13.8 Å². The number of carboxylic acid groups (broad SMARTS) is 1. The minimum atomic E-state index is -0.832. The number of hydrogen-bond donors (Lipinski definition) is 1. The molecule has 0 aromatic rings. The second-order valence-electron chi connectivity index (χ2n) is 8.81. The normalized spacial score (nSPS) is 25.7.